The molecule has 182 valence electrons. The quantitative estimate of drug-likeness (QED) is 0.343. The molecule has 2 N–H and O–H groups in total. The molecule has 1 aliphatic rings. The Morgan fingerprint density at radius 1 is 1.06 bits per heavy atom. The molecule has 0 fully saturated rings. The van der Waals surface area contributed by atoms with E-state index < -0.39 is 11.7 Å². The zero-order valence-electron chi connectivity index (χ0n) is 19.1. The average Bonchev–Trinajstić information content (AvgIpc) is 3.63. The fourth-order valence-corrected chi connectivity index (χ4v) is 4.17. The topological polar surface area (TPSA) is 93.5 Å². The maximum atomic E-state index is 15.1. The molecule has 8 nitrogen and oxygen atoms in total. The summed E-state index contributed by atoms with van der Waals surface area (Å²) in [6.45, 7) is 2.01. The van der Waals surface area contributed by atoms with Gasteiger partial charge in [-0.3, -0.25) is 14.3 Å². The van der Waals surface area contributed by atoms with E-state index >= 15 is 4.39 Å². The van der Waals surface area contributed by atoms with Gasteiger partial charge in [-0.1, -0.05) is 12.1 Å². The highest BCUT2D eigenvalue weighted by atomic mass is 35.5. The maximum absolute atomic E-state index is 15.1. The molecule has 0 radical (unpaired) electrons. The average molecular weight is 506 g/mol. The highest BCUT2D eigenvalue weighted by Crippen LogP contribution is 2.34. The molecule has 0 bridgehead atoms. The normalized spacial score (nSPS) is 12.8. The van der Waals surface area contributed by atoms with Gasteiger partial charge in [0, 0.05) is 29.1 Å². The molecular formula is C26H21ClFN5O3. The van der Waals surface area contributed by atoms with Crippen LogP contribution in [0.5, 0.6) is 11.5 Å². The predicted octanol–water partition coefficient (Wildman–Crippen LogP) is 5.17. The zero-order valence-corrected chi connectivity index (χ0v) is 19.9. The van der Waals surface area contributed by atoms with Gasteiger partial charge in [-0.15, -0.1) is 12.4 Å². The smallest absolute Gasteiger partial charge is 0.254 e. The molecule has 4 heterocycles. The highest BCUT2D eigenvalue weighted by molar-refractivity contribution is 5.95. The summed E-state index contributed by atoms with van der Waals surface area (Å²) >= 11 is 0. The molecule has 0 saturated carbocycles. The number of aromatic amines is 1. The fourth-order valence-electron chi connectivity index (χ4n) is 4.17. The van der Waals surface area contributed by atoms with E-state index in [0.29, 0.717) is 22.8 Å². The van der Waals surface area contributed by atoms with Crippen LogP contribution in [-0.4, -0.2) is 32.3 Å². The van der Waals surface area contributed by atoms with E-state index in [4.69, 9.17) is 9.47 Å². The SMILES string of the molecule is CC(NC(=O)c1ccc(-c2cnc3ccc(-c4cn[nH]c4)cn23)cc1F)c1ccc2c(c1)OCO2.Cl. The number of amides is 1. The third-order valence-corrected chi connectivity index (χ3v) is 6.09. The van der Waals surface area contributed by atoms with Crippen LogP contribution in [0.2, 0.25) is 0 Å². The Morgan fingerprint density at radius 3 is 2.69 bits per heavy atom. The lowest BCUT2D eigenvalue weighted by molar-refractivity contribution is 0.0935. The van der Waals surface area contributed by atoms with Crippen molar-refractivity contribution in [2.75, 3.05) is 6.79 Å². The van der Waals surface area contributed by atoms with Crippen molar-refractivity contribution in [3.8, 4) is 33.9 Å². The van der Waals surface area contributed by atoms with Crippen LogP contribution in [0.3, 0.4) is 0 Å². The number of rotatable bonds is 5. The van der Waals surface area contributed by atoms with Gasteiger partial charge in [-0.2, -0.15) is 5.10 Å². The molecule has 1 aliphatic heterocycles. The van der Waals surface area contributed by atoms with E-state index in [1.54, 1.807) is 30.7 Å². The van der Waals surface area contributed by atoms with Crippen molar-refractivity contribution in [3.05, 3.63) is 90.3 Å². The Balaban J connectivity index is 0.00000267. The number of imidazole rings is 1. The summed E-state index contributed by atoms with van der Waals surface area (Å²) in [5.41, 5.74) is 4.73. The second-order valence-electron chi connectivity index (χ2n) is 8.28. The molecule has 1 unspecified atom stereocenters. The van der Waals surface area contributed by atoms with E-state index in [9.17, 15) is 4.79 Å². The molecule has 1 amide bonds. The van der Waals surface area contributed by atoms with Crippen LogP contribution in [0.1, 0.15) is 28.9 Å². The van der Waals surface area contributed by atoms with Gasteiger partial charge in [0.05, 0.1) is 29.7 Å². The standard InChI is InChI=1S/C26H20FN5O3.ClH/c1-15(16-3-6-23-24(9-16)35-14-34-23)31-26(33)20-5-2-17(8-21(20)27)22-12-28-25-7-4-18(13-32(22)25)19-10-29-30-11-19;/h2-13,15H,14H2,1H3,(H,29,30)(H,31,33);1H. The first-order chi connectivity index (χ1) is 17.1. The Bertz CT molecular complexity index is 1570. The zero-order chi connectivity index (χ0) is 23.9. The van der Waals surface area contributed by atoms with Crippen LogP contribution in [0.15, 0.2) is 73.3 Å². The summed E-state index contributed by atoms with van der Waals surface area (Å²) in [6, 6.07) is 13.5. The Morgan fingerprint density at radius 2 is 1.89 bits per heavy atom. The number of carbonyl (C=O) groups excluding carboxylic acids is 1. The number of fused-ring (bicyclic) bond motifs is 2. The number of halogens is 2. The van der Waals surface area contributed by atoms with Crippen LogP contribution >= 0.6 is 12.4 Å². The van der Waals surface area contributed by atoms with Gasteiger partial charge < -0.3 is 14.8 Å². The molecule has 0 aliphatic carbocycles. The number of H-pyrrole nitrogens is 1. The molecule has 6 rings (SSSR count). The first kappa shape index (κ1) is 23.4. The van der Waals surface area contributed by atoms with Gasteiger partial charge >= 0.3 is 0 Å². The van der Waals surface area contributed by atoms with Crippen molar-refractivity contribution in [3.63, 3.8) is 0 Å². The number of nitrogens with one attached hydrogen (secondary N) is 2. The van der Waals surface area contributed by atoms with E-state index in [-0.39, 0.29) is 30.8 Å². The number of nitrogens with zero attached hydrogens (tertiary/aromatic N) is 3. The predicted molar refractivity (Wildman–Crippen MR) is 134 cm³/mol. The number of carbonyl (C=O) groups is 1. The Labute approximate surface area is 211 Å². The number of aromatic nitrogens is 4. The summed E-state index contributed by atoms with van der Waals surface area (Å²) in [4.78, 5) is 17.3. The van der Waals surface area contributed by atoms with Crippen molar-refractivity contribution >= 4 is 24.0 Å². The van der Waals surface area contributed by atoms with Gasteiger partial charge in [0.1, 0.15) is 11.5 Å². The largest absolute Gasteiger partial charge is 0.454 e. The van der Waals surface area contributed by atoms with Crippen LogP contribution in [0.4, 0.5) is 4.39 Å². The van der Waals surface area contributed by atoms with Crippen molar-refractivity contribution in [2.24, 2.45) is 0 Å². The van der Waals surface area contributed by atoms with Crippen LogP contribution in [0, 0.1) is 5.82 Å². The second kappa shape index (κ2) is 9.35. The van der Waals surface area contributed by atoms with Gasteiger partial charge in [-0.25, -0.2) is 9.37 Å². The van der Waals surface area contributed by atoms with E-state index in [1.165, 1.54) is 12.1 Å². The Hall–Kier alpha value is -4.37. The van der Waals surface area contributed by atoms with Gasteiger partial charge in [0.15, 0.2) is 11.5 Å². The molecular weight excluding hydrogens is 485 g/mol. The minimum Gasteiger partial charge on any atom is -0.454 e. The van der Waals surface area contributed by atoms with Gasteiger partial charge in [-0.05, 0) is 48.9 Å². The Kier molecular flexibility index (Phi) is 6.07. The van der Waals surface area contributed by atoms with Crippen molar-refractivity contribution in [1.29, 1.82) is 0 Å². The summed E-state index contributed by atoms with van der Waals surface area (Å²) < 4.78 is 27.7. The number of ether oxygens (including phenoxy) is 2. The number of hydrogen-bond acceptors (Lipinski definition) is 5. The minimum absolute atomic E-state index is 0. The summed E-state index contributed by atoms with van der Waals surface area (Å²) in [5.74, 6) is 0.180. The van der Waals surface area contributed by atoms with Gasteiger partial charge in [0.25, 0.3) is 5.91 Å². The molecule has 1 atom stereocenters. The minimum atomic E-state index is -0.612. The summed E-state index contributed by atoms with van der Waals surface area (Å²) in [6.07, 6.45) is 7.14. The van der Waals surface area contributed by atoms with Crippen LogP contribution < -0.4 is 14.8 Å². The van der Waals surface area contributed by atoms with Crippen molar-refractivity contribution < 1.29 is 18.7 Å². The van der Waals surface area contributed by atoms with Gasteiger partial charge in [0.2, 0.25) is 6.79 Å². The lowest BCUT2D eigenvalue weighted by Crippen LogP contribution is -2.27. The number of hydrogen-bond donors (Lipinski definition) is 2. The van der Waals surface area contributed by atoms with Crippen LogP contribution in [0.25, 0.3) is 28.0 Å². The summed E-state index contributed by atoms with van der Waals surface area (Å²) in [5, 5.41) is 9.64. The first-order valence-corrected chi connectivity index (χ1v) is 11.0. The molecule has 0 saturated heterocycles. The number of pyridine rings is 1. The first-order valence-electron chi connectivity index (χ1n) is 11.0. The molecule has 2 aromatic carbocycles. The molecule has 5 aromatic rings. The molecule has 0 spiro atoms. The van der Waals surface area contributed by atoms with Crippen molar-refractivity contribution in [1.82, 2.24) is 24.9 Å². The fraction of sp³-hybridized carbons (Fsp3) is 0.115. The third kappa shape index (κ3) is 4.14. The molecule has 10 heteroatoms. The molecule has 36 heavy (non-hydrogen) atoms. The second-order valence-corrected chi connectivity index (χ2v) is 8.28. The lowest BCUT2D eigenvalue weighted by Gasteiger charge is -2.15. The lowest BCUT2D eigenvalue weighted by atomic mass is 10.1. The van der Waals surface area contributed by atoms with E-state index in [1.807, 2.05) is 41.8 Å². The third-order valence-electron chi connectivity index (χ3n) is 6.09. The monoisotopic (exact) mass is 505 g/mol. The maximum Gasteiger partial charge on any atom is 0.254 e. The van der Waals surface area contributed by atoms with E-state index in [2.05, 4.69) is 20.5 Å². The molecule has 3 aromatic heterocycles. The summed E-state index contributed by atoms with van der Waals surface area (Å²) in [7, 11) is 0. The highest BCUT2D eigenvalue weighted by Gasteiger charge is 2.20. The van der Waals surface area contributed by atoms with E-state index in [0.717, 1.165) is 22.3 Å². The number of benzene rings is 2. The van der Waals surface area contributed by atoms with Crippen LogP contribution in [-0.2, 0) is 0 Å². The van der Waals surface area contributed by atoms with Crippen molar-refractivity contribution in [2.45, 2.75) is 13.0 Å².